The molecule has 0 fully saturated rings. The van der Waals surface area contributed by atoms with Crippen molar-refractivity contribution < 1.29 is 9.53 Å². The summed E-state index contributed by atoms with van der Waals surface area (Å²) in [5.74, 6) is 0.694. The highest BCUT2D eigenvalue weighted by atomic mass is 16.5. The fourth-order valence-electron chi connectivity index (χ4n) is 1.38. The van der Waals surface area contributed by atoms with E-state index in [0.717, 1.165) is 5.75 Å². The van der Waals surface area contributed by atoms with E-state index >= 15 is 0 Å². The van der Waals surface area contributed by atoms with E-state index in [1.54, 1.807) is 30.3 Å². The quantitative estimate of drug-likeness (QED) is 0.589. The van der Waals surface area contributed by atoms with E-state index in [2.05, 4.69) is 6.58 Å². The van der Waals surface area contributed by atoms with Gasteiger partial charge in [0, 0.05) is 5.56 Å². The molecule has 0 bridgehead atoms. The summed E-state index contributed by atoms with van der Waals surface area (Å²) in [5.41, 5.74) is 6.31. The number of ketones is 1. The standard InChI is InChI=1S/C13H17NO2/c1-3-5-12(14)13(15)10-6-8-11(9-7-10)16-4-2/h3,6-9,12H,1,4-5,14H2,2H3. The van der Waals surface area contributed by atoms with E-state index in [9.17, 15) is 4.79 Å². The van der Waals surface area contributed by atoms with Crippen LogP contribution in [0.3, 0.4) is 0 Å². The number of ether oxygens (including phenoxy) is 1. The fourth-order valence-corrected chi connectivity index (χ4v) is 1.38. The average Bonchev–Trinajstić information content (AvgIpc) is 2.30. The molecule has 1 rings (SSSR count). The van der Waals surface area contributed by atoms with Crippen molar-refractivity contribution in [3.05, 3.63) is 42.5 Å². The number of carbonyl (C=O) groups is 1. The lowest BCUT2D eigenvalue weighted by Crippen LogP contribution is -2.29. The highest BCUT2D eigenvalue weighted by Gasteiger charge is 2.13. The van der Waals surface area contributed by atoms with Crippen molar-refractivity contribution in [3.8, 4) is 5.75 Å². The van der Waals surface area contributed by atoms with E-state index in [0.29, 0.717) is 18.6 Å². The molecule has 0 radical (unpaired) electrons. The first-order chi connectivity index (χ1) is 7.69. The number of Topliss-reactive ketones (excluding diaryl/α,β-unsaturated/α-hetero) is 1. The summed E-state index contributed by atoms with van der Waals surface area (Å²) in [5, 5.41) is 0. The molecule has 3 nitrogen and oxygen atoms in total. The molecule has 3 heteroatoms. The van der Waals surface area contributed by atoms with Crippen LogP contribution in [-0.4, -0.2) is 18.4 Å². The Morgan fingerprint density at radius 2 is 2.12 bits per heavy atom. The Hall–Kier alpha value is -1.61. The topological polar surface area (TPSA) is 52.3 Å². The molecule has 1 aromatic rings. The summed E-state index contributed by atoms with van der Waals surface area (Å²) in [6.45, 7) is 6.09. The highest BCUT2D eigenvalue weighted by molar-refractivity contribution is 6.00. The summed E-state index contributed by atoms with van der Waals surface area (Å²) in [6.07, 6.45) is 2.14. The molecule has 0 spiro atoms. The Balaban J connectivity index is 2.73. The predicted octanol–water partition coefficient (Wildman–Crippen LogP) is 2.17. The van der Waals surface area contributed by atoms with Gasteiger partial charge in [0.15, 0.2) is 5.78 Å². The van der Waals surface area contributed by atoms with Crippen LogP contribution in [0, 0.1) is 0 Å². The Morgan fingerprint density at radius 1 is 1.50 bits per heavy atom. The predicted molar refractivity (Wildman–Crippen MR) is 64.7 cm³/mol. The number of rotatable bonds is 6. The minimum Gasteiger partial charge on any atom is -0.494 e. The monoisotopic (exact) mass is 219 g/mol. The number of nitrogens with two attached hydrogens (primary N) is 1. The van der Waals surface area contributed by atoms with Crippen LogP contribution in [0.4, 0.5) is 0 Å². The van der Waals surface area contributed by atoms with Gasteiger partial charge in [0.25, 0.3) is 0 Å². The van der Waals surface area contributed by atoms with E-state index in [-0.39, 0.29) is 5.78 Å². The molecule has 0 aliphatic carbocycles. The van der Waals surface area contributed by atoms with Gasteiger partial charge in [0.05, 0.1) is 12.6 Å². The Bertz CT molecular complexity index is 357. The van der Waals surface area contributed by atoms with Crippen LogP contribution in [0.25, 0.3) is 0 Å². The summed E-state index contributed by atoms with van der Waals surface area (Å²) < 4.78 is 5.29. The average molecular weight is 219 g/mol. The van der Waals surface area contributed by atoms with E-state index in [4.69, 9.17) is 10.5 Å². The SMILES string of the molecule is C=CCC(N)C(=O)c1ccc(OCC)cc1. The third-order valence-electron chi connectivity index (χ3n) is 2.21. The van der Waals surface area contributed by atoms with Crippen molar-refractivity contribution in [3.63, 3.8) is 0 Å². The minimum atomic E-state index is -0.504. The number of benzene rings is 1. The Kier molecular flexibility index (Phi) is 4.73. The van der Waals surface area contributed by atoms with Crippen LogP contribution in [0.2, 0.25) is 0 Å². The van der Waals surface area contributed by atoms with Crippen molar-refractivity contribution in [2.75, 3.05) is 6.61 Å². The maximum absolute atomic E-state index is 11.8. The molecule has 1 aromatic carbocycles. The molecule has 0 saturated heterocycles. The van der Waals surface area contributed by atoms with Gasteiger partial charge in [0.2, 0.25) is 0 Å². The molecule has 0 heterocycles. The van der Waals surface area contributed by atoms with Crippen LogP contribution in [0.15, 0.2) is 36.9 Å². The van der Waals surface area contributed by atoms with Gasteiger partial charge < -0.3 is 10.5 Å². The minimum absolute atomic E-state index is 0.0667. The van der Waals surface area contributed by atoms with Crippen molar-refractivity contribution in [1.82, 2.24) is 0 Å². The molecular weight excluding hydrogens is 202 g/mol. The second kappa shape index (κ2) is 6.08. The Morgan fingerprint density at radius 3 is 2.62 bits per heavy atom. The van der Waals surface area contributed by atoms with Crippen molar-refractivity contribution in [2.24, 2.45) is 5.73 Å². The van der Waals surface area contributed by atoms with Gasteiger partial charge in [-0.1, -0.05) is 6.08 Å². The lowest BCUT2D eigenvalue weighted by atomic mass is 10.0. The molecule has 1 unspecified atom stereocenters. The highest BCUT2D eigenvalue weighted by Crippen LogP contribution is 2.13. The van der Waals surface area contributed by atoms with E-state index in [1.165, 1.54) is 0 Å². The van der Waals surface area contributed by atoms with Gasteiger partial charge in [-0.15, -0.1) is 6.58 Å². The second-order valence-corrected chi connectivity index (χ2v) is 3.45. The smallest absolute Gasteiger partial charge is 0.179 e. The lowest BCUT2D eigenvalue weighted by Gasteiger charge is -2.08. The van der Waals surface area contributed by atoms with Gasteiger partial charge >= 0.3 is 0 Å². The van der Waals surface area contributed by atoms with E-state index in [1.807, 2.05) is 6.92 Å². The molecule has 0 saturated carbocycles. The van der Waals surface area contributed by atoms with Crippen LogP contribution in [0.5, 0.6) is 5.75 Å². The van der Waals surface area contributed by atoms with Gasteiger partial charge in [-0.3, -0.25) is 4.79 Å². The number of hydrogen-bond donors (Lipinski definition) is 1. The summed E-state index contributed by atoms with van der Waals surface area (Å²) >= 11 is 0. The number of hydrogen-bond acceptors (Lipinski definition) is 3. The van der Waals surface area contributed by atoms with Crippen molar-refractivity contribution >= 4 is 5.78 Å². The van der Waals surface area contributed by atoms with Crippen LogP contribution >= 0.6 is 0 Å². The summed E-state index contributed by atoms with van der Waals surface area (Å²) in [7, 11) is 0. The molecule has 0 aromatic heterocycles. The first-order valence-corrected chi connectivity index (χ1v) is 5.32. The molecule has 2 N–H and O–H groups in total. The largest absolute Gasteiger partial charge is 0.494 e. The molecule has 1 atom stereocenters. The zero-order valence-electron chi connectivity index (χ0n) is 9.48. The third kappa shape index (κ3) is 3.21. The summed E-state index contributed by atoms with van der Waals surface area (Å²) in [6, 6.07) is 6.51. The number of carbonyl (C=O) groups excluding carboxylic acids is 1. The van der Waals surface area contributed by atoms with Gasteiger partial charge in [0.1, 0.15) is 5.75 Å². The van der Waals surface area contributed by atoms with Crippen LogP contribution in [0.1, 0.15) is 23.7 Å². The zero-order valence-corrected chi connectivity index (χ0v) is 9.48. The zero-order chi connectivity index (χ0) is 12.0. The molecule has 16 heavy (non-hydrogen) atoms. The maximum atomic E-state index is 11.8. The van der Waals surface area contributed by atoms with E-state index < -0.39 is 6.04 Å². The van der Waals surface area contributed by atoms with Crippen molar-refractivity contribution in [2.45, 2.75) is 19.4 Å². The van der Waals surface area contributed by atoms with Crippen LogP contribution < -0.4 is 10.5 Å². The molecular formula is C13H17NO2. The normalized spacial score (nSPS) is 11.9. The fraction of sp³-hybridized carbons (Fsp3) is 0.308. The molecule has 0 amide bonds. The Labute approximate surface area is 95.9 Å². The molecule has 0 aliphatic rings. The lowest BCUT2D eigenvalue weighted by molar-refractivity contribution is 0.0962. The summed E-state index contributed by atoms with van der Waals surface area (Å²) in [4.78, 5) is 11.8. The first-order valence-electron chi connectivity index (χ1n) is 5.32. The van der Waals surface area contributed by atoms with Gasteiger partial charge in [-0.2, -0.15) is 0 Å². The maximum Gasteiger partial charge on any atom is 0.179 e. The molecule has 0 aliphatic heterocycles. The van der Waals surface area contributed by atoms with Gasteiger partial charge in [-0.05, 0) is 37.6 Å². The molecule has 86 valence electrons. The second-order valence-electron chi connectivity index (χ2n) is 3.45. The third-order valence-corrected chi connectivity index (χ3v) is 2.21. The van der Waals surface area contributed by atoms with Crippen LogP contribution in [-0.2, 0) is 0 Å². The first kappa shape index (κ1) is 12.5. The van der Waals surface area contributed by atoms with Crippen molar-refractivity contribution in [1.29, 1.82) is 0 Å². The van der Waals surface area contributed by atoms with Gasteiger partial charge in [-0.25, -0.2) is 0 Å².